The molecule has 0 saturated carbocycles. The summed E-state index contributed by atoms with van der Waals surface area (Å²) in [6.07, 6.45) is 3.24. The Morgan fingerprint density at radius 2 is 2.20 bits per heavy atom. The lowest BCUT2D eigenvalue weighted by atomic mass is 10.3. The Labute approximate surface area is 63.2 Å². The molecule has 10 heavy (non-hydrogen) atoms. The number of ether oxygens (including phenoxy) is 1. The van der Waals surface area contributed by atoms with E-state index < -0.39 is 0 Å². The largest absolute Gasteiger partial charge is 0.361 e. The molecule has 0 aromatic rings. The highest BCUT2D eigenvalue weighted by molar-refractivity contribution is 4.68. The number of nitrogens with zero attached hydrogens (tertiary/aromatic N) is 1. The Hall–Kier alpha value is -0.0800. The van der Waals surface area contributed by atoms with Crippen LogP contribution in [0.25, 0.3) is 0 Å². The van der Waals surface area contributed by atoms with Gasteiger partial charge in [-0.3, -0.25) is 4.90 Å². The molecule has 0 radical (unpaired) electrons. The fourth-order valence-electron chi connectivity index (χ4n) is 1.37. The molecule has 0 aliphatic carbocycles. The maximum Gasteiger partial charge on any atom is 0.110 e. The molecule has 1 fully saturated rings. The van der Waals surface area contributed by atoms with E-state index in [-0.39, 0.29) is 0 Å². The molecule has 0 aromatic heterocycles. The highest BCUT2D eigenvalue weighted by Crippen LogP contribution is 2.16. The second-order valence-corrected chi connectivity index (χ2v) is 3.26. The predicted molar refractivity (Wildman–Crippen MR) is 41.9 cm³/mol. The van der Waals surface area contributed by atoms with E-state index in [1.165, 1.54) is 19.4 Å². The minimum atomic E-state index is 0.366. The van der Waals surface area contributed by atoms with E-state index in [0.29, 0.717) is 12.3 Å². The monoisotopic (exact) mass is 143 g/mol. The summed E-state index contributed by atoms with van der Waals surface area (Å²) in [6, 6.07) is 0. The Kier molecular flexibility index (Phi) is 2.69. The summed E-state index contributed by atoms with van der Waals surface area (Å²) >= 11 is 0. The van der Waals surface area contributed by atoms with Crippen LogP contribution < -0.4 is 0 Å². The van der Waals surface area contributed by atoms with E-state index >= 15 is 0 Å². The summed E-state index contributed by atoms with van der Waals surface area (Å²) < 4.78 is 5.65. The molecule has 1 atom stereocenters. The van der Waals surface area contributed by atoms with Gasteiger partial charge in [0.25, 0.3) is 0 Å². The first-order chi connectivity index (χ1) is 4.70. The molecule has 60 valence electrons. The third-order valence-corrected chi connectivity index (χ3v) is 1.88. The van der Waals surface area contributed by atoms with Crippen molar-refractivity contribution in [1.82, 2.24) is 4.90 Å². The Bertz CT molecular complexity index is 103. The third-order valence-electron chi connectivity index (χ3n) is 1.88. The van der Waals surface area contributed by atoms with Crippen LogP contribution in [0.5, 0.6) is 0 Å². The van der Waals surface area contributed by atoms with Crippen molar-refractivity contribution in [2.45, 2.75) is 39.0 Å². The van der Waals surface area contributed by atoms with Crippen LogP contribution in [0.1, 0.15) is 26.7 Å². The normalized spacial score (nSPS) is 28.2. The summed E-state index contributed by atoms with van der Waals surface area (Å²) in [4.78, 5) is 2.28. The topological polar surface area (TPSA) is 12.5 Å². The molecular formula is C8H17NO. The number of hydrogen-bond acceptors (Lipinski definition) is 2. The zero-order valence-electron chi connectivity index (χ0n) is 7.13. The van der Waals surface area contributed by atoms with Crippen molar-refractivity contribution >= 4 is 0 Å². The first-order valence-electron chi connectivity index (χ1n) is 4.06. The number of rotatable bonds is 2. The lowest BCUT2D eigenvalue weighted by Crippen LogP contribution is -2.29. The van der Waals surface area contributed by atoms with Gasteiger partial charge in [0.1, 0.15) is 6.23 Å². The van der Waals surface area contributed by atoms with Crippen LogP contribution in [0.3, 0.4) is 0 Å². The van der Waals surface area contributed by atoms with Crippen molar-refractivity contribution in [3.63, 3.8) is 0 Å². The molecule has 2 nitrogen and oxygen atoms in total. The minimum Gasteiger partial charge on any atom is -0.361 e. The molecule has 1 aliphatic heterocycles. The van der Waals surface area contributed by atoms with Gasteiger partial charge >= 0.3 is 0 Å². The first-order valence-corrected chi connectivity index (χ1v) is 4.06. The van der Waals surface area contributed by atoms with Gasteiger partial charge in [-0.1, -0.05) is 0 Å². The SMILES string of the molecule is CC(C)OC1CCCN1C. The average molecular weight is 143 g/mol. The first kappa shape index (κ1) is 8.02. The molecule has 1 aliphatic rings. The Morgan fingerprint density at radius 3 is 2.60 bits per heavy atom. The predicted octanol–water partition coefficient (Wildman–Crippen LogP) is 1.46. The van der Waals surface area contributed by atoms with Crippen LogP contribution in [0.4, 0.5) is 0 Å². The highest BCUT2D eigenvalue weighted by Gasteiger charge is 2.21. The van der Waals surface area contributed by atoms with Gasteiger partial charge < -0.3 is 4.74 Å². The van der Waals surface area contributed by atoms with Crippen molar-refractivity contribution in [3.8, 4) is 0 Å². The van der Waals surface area contributed by atoms with Crippen molar-refractivity contribution in [3.05, 3.63) is 0 Å². The molecule has 0 aromatic carbocycles. The fourth-order valence-corrected chi connectivity index (χ4v) is 1.37. The second kappa shape index (κ2) is 3.35. The number of likely N-dealkylation sites (tertiary alicyclic amines) is 1. The van der Waals surface area contributed by atoms with Crippen LogP contribution in [0.15, 0.2) is 0 Å². The molecule has 1 saturated heterocycles. The molecule has 1 rings (SSSR count). The van der Waals surface area contributed by atoms with Crippen molar-refractivity contribution < 1.29 is 4.74 Å². The van der Waals surface area contributed by atoms with Gasteiger partial charge in [0.05, 0.1) is 6.10 Å². The summed E-state index contributed by atoms with van der Waals surface area (Å²) in [7, 11) is 2.13. The van der Waals surface area contributed by atoms with E-state index in [4.69, 9.17) is 4.74 Å². The molecule has 2 heteroatoms. The standard InChI is InChI=1S/C8H17NO/c1-7(2)10-8-5-4-6-9(8)3/h7-8H,4-6H2,1-3H3. The molecular weight excluding hydrogens is 126 g/mol. The molecule has 0 bridgehead atoms. The third kappa shape index (κ3) is 1.96. The van der Waals surface area contributed by atoms with Gasteiger partial charge in [0.2, 0.25) is 0 Å². The van der Waals surface area contributed by atoms with Crippen LogP contribution in [-0.4, -0.2) is 30.8 Å². The molecule has 0 spiro atoms. The maximum absolute atomic E-state index is 5.65. The lowest BCUT2D eigenvalue weighted by molar-refractivity contribution is -0.0569. The van der Waals surface area contributed by atoms with Gasteiger partial charge in [-0.2, -0.15) is 0 Å². The zero-order chi connectivity index (χ0) is 7.56. The van der Waals surface area contributed by atoms with E-state index in [9.17, 15) is 0 Å². The van der Waals surface area contributed by atoms with Crippen molar-refractivity contribution in [1.29, 1.82) is 0 Å². The highest BCUT2D eigenvalue weighted by atomic mass is 16.5. The van der Waals surface area contributed by atoms with Crippen LogP contribution >= 0.6 is 0 Å². The summed E-state index contributed by atoms with van der Waals surface area (Å²) in [6.45, 7) is 5.37. The quantitative estimate of drug-likeness (QED) is 0.580. The van der Waals surface area contributed by atoms with Gasteiger partial charge in [0.15, 0.2) is 0 Å². The smallest absolute Gasteiger partial charge is 0.110 e. The van der Waals surface area contributed by atoms with E-state index in [2.05, 4.69) is 25.8 Å². The van der Waals surface area contributed by atoms with Crippen molar-refractivity contribution in [2.24, 2.45) is 0 Å². The number of hydrogen-bond donors (Lipinski definition) is 0. The van der Waals surface area contributed by atoms with Gasteiger partial charge in [-0.25, -0.2) is 0 Å². The molecule has 0 amide bonds. The van der Waals surface area contributed by atoms with E-state index in [1.807, 2.05) is 0 Å². The maximum atomic E-state index is 5.65. The average Bonchev–Trinajstić information content (AvgIpc) is 2.15. The van der Waals surface area contributed by atoms with Gasteiger partial charge in [-0.05, 0) is 33.7 Å². The van der Waals surface area contributed by atoms with Gasteiger partial charge in [0, 0.05) is 6.54 Å². The van der Waals surface area contributed by atoms with Crippen LogP contribution in [0.2, 0.25) is 0 Å². The molecule has 1 heterocycles. The van der Waals surface area contributed by atoms with E-state index in [0.717, 1.165) is 0 Å². The van der Waals surface area contributed by atoms with Gasteiger partial charge in [-0.15, -0.1) is 0 Å². The molecule has 1 unspecified atom stereocenters. The Balaban J connectivity index is 2.26. The minimum absolute atomic E-state index is 0.366. The summed E-state index contributed by atoms with van der Waals surface area (Å²) in [5.41, 5.74) is 0. The van der Waals surface area contributed by atoms with Crippen LogP contribution in [-0.2, 0) is 4.74 Å². The van der Waals surface area contributed by atoms with Crippen LogP contribution in [0, 0.1) is 0 Å². The second-order valence-electron chi connectivity index (χ2n) is 3.26. The zero-order valence-corrected chi connectivity index (χ0v) is 7.13. The van der Waals surface area contributed by atoms with E-state index in [1.54, 1.807) is 0 Å². The lowest BCUT2D eigenvalue weighted by Gasteiger charge is -2.21. The fraction of sp³-hybridized carbons (Fsp3) is 1.00. The Morgan fingerprint density at radius 1 is 1.50 bits per heavy atom. The summed E-state index contributed by atoms with van der Waals surface area (Å²) in [5, 5.41) is 0. The van der Waals surface area contributed by atoms with Crippen molar-refractivity contribution in [2.75, 3.05) is 13.6 Å². The summed E-state index contributed by atoms with van der Waals surface area (Å²) in [5.74, 6) is 0. The molecule has 0 N–H and O–H groups in total.